The van der Waals surface area contributed by atoms with Gasteiger partial charge in [0.05, 0.1) is 7.11 Å². The predicted octanol–water partition coefficient (Wildman–Crippen LogP) is 4.37. The molecule has 0 aliphatic heterocycles. The first-order chi connectivity index (χ1) is 10.9. The maximum atomic E-state index is 12.3. The number of carbonyl (C=O) groups is 1. The molecule has 0 aliphatic carbocycles. The molecule has 23 heavy (non-hydrogen) atoms. The zero-order valence-electron chi connectivity index (χ0n) is 13.6. The van der Waals surface area contributed by atoms with Gasteiger partial charge in [-0.2, -0.15) is 0 Å². The van der Waals surface area contributed by atoms with Crippen LogP contribution in [0.25, 0.3) is 0 Å². The zero-order chi connectivity index (χ0) is 17.0. The highest BCUT2D eigenvalue weighted by molar-refractivity contribution is 6.32. The third-order valence-electron chi connectivity index (χ3n) is 3.43. The van der Waals surface area contributed by atoms with Crippen LogP contribution in [0.4, 0.5) is 5.69 Å². The minimum atomic E-state index is -0.638. The van der Waals surface area contributed by atoms with Gasteiger partial charge in [0.25, 0.3) is 5.91 Å². The smallest absolute Gasteiger partial charge is 0.265 e. The number of methoxy groups -OCH3 is 1. The molecule has 1 amide bonds. The van der Waals surface area contributed by atoms with Gasteiger partial charge in [-0.1, -0.05) is 17.7 Å². The molecule has 2 aromatic rings. The molecule has 0 radical (unpaired) electrons. The van der Waals surface area contributed by atoms with Crippen molar-refractivity contribution in [2.75, 3.05) is 12.4 Å². The van der Waals surface area contributed by atoms with E-state index in [1.54, 1.807) is 26.2 Å². The highest BCUT2D eigenvalue weighted by Gasteiger charge is 2.16. The lowest BCUT2D eigenvalue weighted by Crippen LogP contribution is -2.30. The number of anilines is 1. The number of halogens is 1. The third-order valence-corrected chi connectivity index (χ3v) is 4.03. The summed E-state index contributed by atoms with van der Waals surface area (Å²) in [6.07, 6.45) is -0.638. The van der Waals surface area contributed by atoms with Gasteiger partial charge in [0.15, 0.2) is 6.10 Å². The molecule has 0 unspecified atom stereocenters. The Bertz CT molecular complexity index is 692. The van der Waals surface area contributed by atoms with Crippen molar-refractivity contribution in [1.29, 1.82) is 0 Å². The van der Waals surface area contributed by atoms with Crippen LogP contribution in [0, 0.1) is 13.8 Å². The Kier molecular flexibility index (Phi) is 5.50. The molecule has 0 spiro atoms. The maximum absolute atomic E-state index is 12.3. The highest BCUT2D eigenvalue weighted by atomic mass is 35.5. The number of ether oxygens (including phenoxy) is 2. The van der Waals surface area contributed by atoms with Crippen LogP contribution in [0.3, 0.4) is 0 Å². The van der Waals surface area contributed by atoms with Crippen molar-refractivity contribution in [3.8, 4) is 11.5 Å². The van der Waals surface area contributed by atoms with E-state index in [4.69, 9.17) is 21.1 Å². The molecule has 0 saturated carbocycles. The lowest BCUT2D eigenvalue weighted by atomic mass is 10.1. The minimum Gasteiger partial charge on any atom is -0.497 e. The molecule has 1 atom stereocenters. The number of nitrogens with one attached hydrogen (secondary N) is 1. The fraction of sp³-hybridized carbons (Fsp3) is 0.278. The number of benzene rings is 2. The van der Waals surface area contributed by atoms with Crippen LogP contribution < -0.4 is 14.8 Å². The van der Waals surface area contributed by atoms with Crippen LogP contribution in [-0.2, 0) is 4.79 Å². The minimum absolute atomic E-state index is 0.233. The van der Waals surface area contributed by atoms with Crippen LogP contribution in [0.2, 0.25) is 5.02 Å². The van der Waals surface area contributed by atoms with Gasteiger partial charge < -0.3 is 14.8 Å². The molecule has 2 rings (SSSR count). The van der Waals surface area contributed by atoms with E-state index >= 15 is 0 Å². The first-order valence-corrected chi connectivity index (χ1v) is 7.67. The Morgan fingerprint density at radius 3 is 2.39 bits per heavy atom. The predicted molar refractivity (Wildman–Crippen MR) is 92.6 cm³/mol. The summed E-state index contributed by atoms with van der Waals surface area (Å²) in [6, 6.07) is 10.8. The molecule has 5 heteroatoms. The van der Waals surface area contributed by atoms with Crippen molar-refractivity contribution in [3.63, 3.8) is 0 Å². The molecule has 0 fully saturated rings. The van der Waals surface area contributed by atoms with E-state index in [1.807, 2.05) is 38.1 Å². The summed E-state index contributed by atoms with van der Waals surface area (Å²) in [5.74, 6) is 1.07. The summed E-state index contributed by atoms with van der Waals surface area (Å²) in [6.45, 7) is 5.52. The lowest BCUT2D eigenvalue weighted by molar-refractivity contribution is -0.122. The van der Waals surface area contributed by atoms with Gasteiger partial charge in [0, 0.05) is 16.8 Å². The summed E-state index contributed by atoms with van der Waals surface area (Å²) in [5.41, 5.74) is 2.50. The quantitative estimate of drug-likeness (QED) is 0.883. The molecule has 1 N–H and O–H groups in total. The Morgan fingerprint density at radius 1 is 1.13 bits per heavy atom. The Balaban J connectivity index is 2.05. The fourth-order valence-corrected chi connectivity index (χ4v) is 2.29. The van der Waals surface area contributed by atoms with Crippen LogP contribution in [0.5, 0.6) is 11.5 Å². The van der Waals surface area contributed by atoms with Crippen molar-refractivity contribution in [2.24, 2.45) is 0 Å². The van der Waals surface area contributed by atoms with Crippen molar-refractivity contribution < 1.29 is 14.3 Å². The average molecular weight is 334 g/mol. The fourth-order valence-electron chi connectivity index (χ4n) is 2.18. The van der Waals surface area contributed by atoms with E-state index in [0.717, 1.165) is 11.1 Å². The van der Waals surface area contributed by atoms with Gasteiger partial charge in [-0.15, -0.1) is 0 Å². The van der Waals surface area contributed by atoms with Gasteiger partial charge in [0.2, 0.25) is 0 Å². The lowest BCUT2D eigenvalue weighted by Gasteiger charge is -2.16. The van der Waals surface area contributed by atoms with E-state index in [9.17, 15) is 4.79 Å². The van der Waals surface area contributed by atoms with Gasteiger partial charge in [-0.3, -0.25) is 4.79 Å². The first kappa shape index (κ1) is 17.2. The van der Waals surface area contributed by atoms with Crippen LogP contribution in [0.1, 0.15) is 18.1 Å². The summed E-state index contributed by atoms with van der Waals surface area (Å²) in [7, 11) is 1.58. The second-order valence-electron chi connectivity index (χ2n) is 5.35. The van der Waals surface area contributed by atoms with Crippen LogP contribution in [-0.4, -0.2) is 19.1 Å². The molecule has 0 heterocycles. The number of aryl methyl sites for hydroxylation is 2. The topological polar surface area (TPSA) is 47.6 Å². The summed E-state index contributed by atoms with van der Waals surface area (Å²) in [4.78, 5) is 12.3. The van der Waals surface area contributed by atoms with Crippen molar-refractivity contribution in [1.82, 2.24) is 0 Å². The van der Waals surface area contributed by atoms with E-state index in [-0.39, 0.29) is 5.91 Å². The van der Waals surface area contributed by atoms with E-state index in [0.29, 0.717) is 22.2 Å². The average Bonchev–Trinajstić information content (AvgIpc) is 2.52. The molecule has 0 bridgehead atoms. The van der Waals surface area contributed by atoms with Crippen molar-refractivity contribution in [2.45, 2.75) is 26.9 Å². The normalized spacial score (nSPS) is 11.7. The first-order valence-electron chi connectivity index (χ1n) is 7.29. The molecular weight excluding hydrogens is 314 g/mol. The number of carbonyl (C=O) groups excluding carboxylic acids is 1. The van der Waals surface area contributed by atoms with Crippen molar-refractivity contribution >= 4 is 23.2 Å². The van der Waals surface area contributed by atoms with E-state index < -0.39 is 6.10 Å². The van der Waals surface area contributed by atoms with Gasteiger partial charge in [-0.05, 0) is 56.2 Å². The molecular formula is C18H20ClNO3. The van der Waals surface area contributed by atoms with Gasteiger partial charge in [0.1, 0.15) is 11.5 Å². The number of rotatable bonds is 5. The zero-order valence-corrected chi connectivity index (χ0v) is 14.4. The number of hydrogen-bond donors (Lipinski definition) is 1. The maximum Gasteiger partial charge on any atom is 0.265 e. The second kappa shape index (κ2) is 7.38. The second-order valence-corrected chi connectivity index (χ2v) is 5.73. The molecule has 0 saturated heterocycles. The standard InChI is InChI=1S/C18H20ClNO3/c1-11-8-16(9-12(2)17(11)19)23-13(3)18(21)20-14-6-5-7-15(10-14)22-4/h5-10,13H,1-4H3,(H,20,21)/t13-/m1/s1. The summed E-state index contributed by atoms with van der Waals surface area (Å²) in [5, 5.41) is 3.52. The monoisotopic (exact) mass is 333 g/mol. The van der Waals surface area contributed by atoms with E-state index in [1.165, 1.54) is 0 Å². The summed E-state index contributed by atoms with van der Waals surface area (Å²) < 4.78 is 10.9. The van der Waals surface area contributed by atoms with E-state index in [2.05, 4.69) is 5.32 Å². The summed E-state index contributed by atoms with van der Waals surface area (Å²) >= 11 is 6.14. The van der Waals surface area contributed by atoms with Gasteiger partial charge >= 0.3 is 0 Å². The Hall–Kier alpha value is -2.20. The van der Waals surface area contributed by atoms with Gasteiger partial charge in [-0.25, -0.2) is 0 Å². The molecule has 0 aromatic heterocycles. The number of hydrogen-bond acceptors (Lipinski definition) is 3. The van der Waals surface area contributed by atoms with Crippen LogP contribution in [0.15, 0.2) is 36.4 Å². The molecule has 0 aliphatic rings. The Labute approximate surface area is 141 Å². The Morgan fingerprint density at radius 2 is 1.78 bits per heavy atom. The third kappa shape index (κ3) is 4.39. The molecule has 2 aromatic carbocycles. The van der Waals surface area contributed by atoms with Crippen molar-refractivity contribution in [3.05, 3.63) is 52.5 Å². The number of amides is 1. The van der Waals surface area contributed by atoms with Crippen LogP contribution >= 0.6 is 11.6 Å². The molecule has 122 valence electrons. The molecule has 4 nitrogen and oxygen atoms in total. The largest absolute Gasteiger partial charge is 0.497 e. The SMILES string of the molecule is COc1cccc(NC(=O)[C@@H](C)Oc2cc(C)c(Cl)c(C)c2)c1. The highest BCUT2D eigenvalue weighted by Crippen LogP contribution is 2.26.